The predicted molar refractivity (Wildman–Crippen MR) is 48.0 cm³/mol. The van der Waals surface area contributed by atoms with Crippen LogP contribution >= 0.6 is 0 Å². The molecule has 0 unspecified atom stereocenters. The molecule has 1 saturated heterocycles. The molecule has 0 aromatic heterocycles. The molecule has 5 nitrogen and oxygen atoms in total. The highest BCUT2D eigenvalue weighted by atomic mass is 19.4. The van der Waals surface area contributed by atoms with E-state index >= 15 is 0 Å². The summed E-state index contributed by atoms with van der Waals surface area (Å²) in [6.07, 6.45) is -11.7. The molecule has 1 heterocycles. The van der Waals surface area contributed by atoms with Crippen LogP contribution < -0.4 is 0 Å². The minimum Gasteiger partial charge on any atom is -0.414 e. The molecule has 1 aliphatic rings. The van der Waals surface area contributed by atoms with Crippen molar-refractivity contribution >= 4 is 12.0 Å². The van der Waals surface area contributed by atoms with Crippen LogP contribution in [-0.4, -0.2) is 42.3 Å². The number of hydrogen-bond donors (Lipinski definition) is 0. The summed E-state index contributed by atoms with van der Waals surface area (Å²) < 4.78 is 83.0. The Hall–Kier alpha value is -1.61. The van der Waals surface area contributed by atoms with Crippen LogP contribution in [0, 0.1) is 0 Å². The monoisotopic (exact) mass is 307 g/mol. The average molecular weight is 307 g/mol. The number of isocyanates is 1. The lowest BCUT2D eigenvalue weighted by molar-refractivity contribution is -0.444. The van der Waals surface area contributed by atoms with Crippen molar-refractivity contribution in [1.82, 2.24) is 0 Å². The van der Waals surface area contributed by atoms with Crippen LogP contribution in [0.3, 0.4) is 0 Å². The zero-order chi connectivity index (χ0) is 15.8. The standard InChI is InChI=1S/C9H7F6NO4/c1-6(2-3-16-4-17)5(18)19-7(20-6,8(10,11)12)9(13,14)15/h2-3H2,1H3/t6-/m0/s1. The van der Waals surface area contributed by atoms with Gasteiger partial charge >= 0.3 is 24.1 Å². The summed E-state index contributed by atoms with van der Waals surface area (Å²) in [5.41, 5.74) is -2.52. The van der Waals surface area contributed by atoms with E-state index in [0.717, 1.165) is 6.08 Å². The van der Waals surface area contributed by atoms with E-state index in [1.165, 1.54) is 0 Å². The number of hydrogen-bond acceptors (Lipinski definition) is 5. The number of esters is 1. The number of carbonyl (C=O) groups is 1. The van der Waals surface area contributed by atoms with Crippen LogP contribution in [0.25, 0.3) is 0 Å². The molecule has 20 heavy (non-hydrogen) atoms. The Kier molecular flexibility index (Phi) is 3.90. The molecule has 0 aromatic carbocycles. The molecule has 1 fully saturated rings. The van der Waals surface area contributed by atoms with E-state index in [0.29, 0.717) is 6.92 Å². The second-order valence-corrected chi connectivity index (χ2v) is 4.06. The van der Waals surface area contributed by atoms with Crippen LogP contribution in [0.15, 0.2) is 4.99 Å². The molecule has 1 atom stereocenters. The number of aliphatic imine (C=N–C) groups is 1. The first kappa shape index (κ1) is 16.4. The summed E-state index contributed by atoms with van der Waals surface area (Å²) in [6, 6.07) is 0. The highest BCUT2D eigenvalue weighted by Gasteiger charge is 2.82. The lowest BCUT2D eigenvalue weighted by Crippen LogP contribution is -2.58. The van der Waals surface area contributed by atoms with E-state index in [1.807, 2.05) is 0 Å². The van der Waals surface area contributed by atoms with Crippen molar-refractivity contribution < 1.29 is 45.4 Å². The maximum atomic E-state index is 12.6. The van der Waals surface area contributed by atoms with Crippen LogP contribution in [0.2, 0.25) is 0 Å². The number of cyclic esters (lactones) is 1. The third kappa shape index (κ3) is 2.50. The van der Waals surface area contributed by atoms with Crippen molar-refractivity contribution in [3.63, 3.8) is 0 Å². The molecule has 0 N–H and O–H groups in total. The predicted octanol–water partition coefficient (Wildman–Crippen LogP) is 1.87. The second-order valence-electron chi connectivity index (χ2n) is 4.06. The van der Waals surface area contributed by atoms with Gasteiger partial charge < -0.3 is 9.47 Å². The lowest BCUT2D eigenvalue weighted by atomic mass is 10.0. The average Bonchev–Trinajstić information content (AvgIpc) is 2.52. The molecular formula is C9H7F6NO4. The van der Waals surface area contributed by atoms with Gasteiger partial charge in [-0.25, -0.2) is 14.6 Å². The molecule has 0 spiro atoms. The van der Waals surface area contributed by atoms with Gasteiger partial charge in [-0.1, -0.05) is 0 Å². The van der Waals surface area contributed by atoms with E-state index in [4.69, 9.17) is 0 Å². The fourth-order valence-electron chi connectivity index (χ4n) is 1.48. The van der Waals surface area contributed by atoms with Gasteiger partial charge in [0.1, 0.15) is 0 Å². The molecule has 1 rings (SSSR count). The Morgan fingerprint density at radius 3 is 2.05 bits per heavy atom. The molecule has 0 aliphatic carbocycles. The quantitative estimate of drug-likeness (QED) is 0.345. The van der Waals surface area contributed by atoms with Crippen LogP contribution in [0.5, 0.6) is 0 Å². The first-order valence-corrected chi connectivity index (χ1v) is 5.00. The van der Waals surface area contributed by atoms with Crippen molar-refractivity contribution in [2.24, 2.45) is 4.99 Å². The van der Waals surface area contributed by atoms with E-state index < -0.39 is 42.7 Å². The Morgan fingerprint density at radius 2 is 1.70 bits per heavy atom. The van der Waals surface area contributed by atoms with Crippen LogP contribution in [0.4, 0.5) is 26.3 Å². The van der Waals surface area contributed by atoms with Gasteiger partial charge in [0, 0.05) is 6.42 Å². The Morgan fingerprint density at radius 1 is 1.20 bits per heavy atom. The van der Waals surface area contributed by atoms with Crippen molar-refractivity contribution in [2.45, 2.75) is 37.1 Å². The third-order valence-corrected chi connectivity index (χ3v) is 2.55. The minimum absolute atomic E-state index is 0.541. The van der Waals surface area contributed by atoms with E-state index in [-0.39, 0.29) is 0 Å². The molecule has 114 valence electrons. The zero-order valence-electron chi connectivity index (χ0n) is 9.76. The van der Waals surface area contributed by atoms with Gasteiger partial charge in [0.2, 0.25) is 6.08 Å². The fourth-order valence-corrected chi connectivity index (χ4v) is 1.48. The summed E-state index contributed by atoms with van der Waals surface area (Å²) in [5, 5.41) is 0. The Balaban J connectivity index is 3.16. The van der Waals surface area contributed by atoms with Crippen molar-refractivity contribution in [1.29, 1.82) is 0 Å². The Labute approximate surface area is 107 Å². The molecule has 0 bridgehead atoms. The van der Waals surface area contributed by atoms with Crippen LogP contribution in [0.1, 0.15) is 13.3 Å². The molecule has 0 amide bonds. The van der Waals surface area contributed by atoms with E-state index in [9.17, 15) is 35.9 Å². The molecule has 11 heteroatoms. The largest absolute Gasteiger partial charge is 0.465 e. The SMILES string of the molecule is C[C@@]1(CCN=C=O)OC(C(F)(F)F)(C(F)(F)F)OC1=O. The van der Waals surface area contributed by atoms with Crippen LogP contribution in [-0.2, 0) is 19.1 Å². The van der Waals surface area contributed by atoms with Crippen molar-refractivity contribution in [3.05, 3.63) is 0 Å². The first-order valence-electron chi connectivity index (χ1n) is 5.00. The van der Waals surface area contributed by atoms with Gasteiger partial charge in [0.15, 0.2) is 5.60 Å². The number of alkyl halides is 6. The maximum absolute atomic E-state index is 12.6. The minimum atomic E-state index is -6.01. The molecule has 1 aliphatic heterocycles. The lowest BCUT2D eigenvalue weighted by Gasteiger charge is -2.31. The Bertz CT molecular complexity index is 438. The summed E-state index contributed by atoms with van der Waals surface area (Å²) in [5.74, 6) is -6.86. The highest BCUT2D eigenvalue weighted by molar-refractivity contribution is 5.81. The van der Waals surface area contributed by atoms with Crippen molar-refractivity contribution in [2.75, 3.05) is 6.54 Å². The van der Waals surface area contributed by atoms with Gasteiger partial charge in [-0.15, -0.1) is 0 Å². The first-order chi connectivity index (χ1) is 8.90. The normalized spacial score (nSPS) is 26.1. The van der Waals surface area contributed by atoms with E-state index in [2.05, 4.69) is 14.5 Å². The number of carbonyl (C=O) groups excluding carboxylic acids is 2. The van der Waals surface area contributed by atoms with Gasteiger partial charge in [0.25, 0.3) is 0 Å². The number of halogens is 6. The number of ether oxygens (including phenoxy) is 2. The van der Waals surface area contributed by atoms with Gasteiger partial charge in [-0.2, -0.15) is 26.3 Å². The summed E-state index contributed by atoms with van der Waals surface area (Å²) in [6.45, 7) is 0.149. The van der Waals surface area contributed by atoms with Gasteiger partial charge in [-0.05, 0) is 6.92 Å². The second kappa shape index (κ2) is 4.74. The molecular weight excluding hydrogens is 300 g/mol. The topological polar surface area (TPSA) is 65.0 Å². The third-order valence-electron chi connectivity index (χ3n) is 2.55. The molecule has 0 aromatic rings. The smallest absolute Gasteiger partial charge is 0.414 e. The summed E-state index contributed by atoms with van der Waals surface area (Å²) in [4.78, 5) is 24.0. The summed E-state index contributed by atoms with van der Waals surface area (Å²) >= 11 is 0. The number of rotatable bonds is 3. The fraction of sp³-hybridized carbons (Fsp3) is 0.778. The maximum Gasteiger partial charge on any atom is 0.465 e. The molecule has 0 saturated carbocycles. The van der Waals surface area contributed by atoms with E-state index in [1.54, 1.807) is 0 Å². The van der Waals surface area contributed by atoms with Crippen molar-refractivity contribution in [3.8, 4) is 0 Å². The highest BCUT2D eigenvalue weighted by Crippen LogP contribution is 2.53. The zero-order valence-corrected chi connectivity index (χ0v) is 9.76. The van der Waals surface area contributed by atoms with Gasteiger partial charge in [-0.3, -0.25) is 0 Å². The molecule has 0 radical (unpaired) electrons. The summed E-state index contributed by atoms with van der Waals surface area (Å²) in [7, 11) is 0. The van der Waals surface area contributed by atoms with Gasteiger partial charge in [0.05, 0.1) is 6.54 Å². The number of nitrogens with zero attached hydrogens (tertiary/aromatic N) is 1.